The van der Waals surface area contributed by atoms with Crippen LogP contribution in [0.2, 0.25) is 0 Å². The van der Waals surface area contributed by atoms with Gasteiger partial charge in [-0.25, -0.2) is 0 Å². The van der Waals surface area contributed by atoms with Crippen LogP contribution >= 0.6 is 12.6 Å². The van der Waals surface area contributed by atoms with E-state index in [1.807, 2.05) is 0 Å². The SMILES string of the molecule is C=C(C)C(=O)NCC(S)CNC(=O)C(=C)C. The Bertz CT molecular complexity index is 283. The van der Waals surface area contributed by atoms with Gasteiger partial charge in [0, 0.05) is 29.5 Å². The fourth-order valence-corrected chi connectivity index (χ4v) is 0.978. The maximum atomic E-state index is 11.1. The fourth-order valence-electron chi connectivity index (χ4n) is 0.795. The zero-order valence-electron chi connectivity index (χ0n) is 9.67. The van der Waals surface area contributed by atoms with Crippen LogP contribution in [0.25, 0.3) is 0 Å². The van der Waals surface area contributed by atoms with Crippen LogP contribution in [0.3, 0.4) is 0 Å². The van der Waals surface area contributed by atoms with Crippen molar-refractivity contribution >= 4 is 24.4 Å². The molecule has 0 bridgehead atoms. The van der Waals surface area contributed by atoms with Gasteiger partial charge in [0.1, 0.15) is 0 Å². The molecule has 0 aliphatic rings. The molecule has 0 unspecified atom stereocenters. The Morgan fingerprint density at radius 2 is 1.38 bits per heavy atom. The summed E-state index contributed by atoms with van der Waals surface area (Å²) in [7, 11) is 0. The van der Waals surface area contributed by atoms with Crippen LogP contribution in [0.4, 0.5) is 0 Å². The van der Waals surface area contributed by atoms with Gasteiger partial charge >= 0.3 is 0 Å². The van der Waals surface area contributed by atoms with Crippen LogP contribution in [0.5, 0.6) is 0 Å². The van der Waals surface area contributed by atoms with Gasteiger partial charge in [-0.3, -0.25) is 9.59 Å². The number of rotatable bonds is 6. The second kappa shape index (κ2) is 7.11. The minimum Gasteiger partial charge on any atom is -0.351 e. The Labute approximate surface area is 102 Å². The lowest BCUT2D eigenvalue weighted by Crippen LogP contribution is -2.37. The van der Waals surface area contributed by atoms with Crippen molar-refractivity contribution in [3.05, 3.63) is 24.3 Å². The molecule has 5 heteroatoms. The smallest absolute Gasteiger partial charge is 0.246 e. The van der Waals surface area contributed by atoms with Gasteiger partial charge in [0.15, 0.2) is 0 Å². The van der Waals surface area contributed by atoms with Gasteiger partial charge in [0.25, 0.3) is 0 Å². The molecule has 0 aromatic rings. The average molecular weight is 242 g/mol. The van der Waals surface area contributed by atoms with E-state index in [2.05, 4.69) is 36.4 Å². The summed E-state index contributed by atoms with van der Waals surface area (Å²) in [6.07, 6.45) is 0. The second-order valence-electron chi connectivity index (χ2n) is 3.63. The molecule has 0 heterocycles. The summed E-state index contributed by atoms with van der Waals surface area (Å²) >= 11 is 4.23. The number of carbonyl (C=O) groups is 2. The van der Waals surface area contributed by atoms with Crippen LogP contribution in [-0.2, 0) is 9.59 Å². The third-order valence-electron chi connectivity index (χ3n) is 1.77. The highest BCUT2D eigenvalue weighted by Gasteiger charge is 2.08. The minimum absolute atomic E-state index is 0.133. The topological polar surface area (TPSA) is 58.2 Å². The number of carbonyl (C=O) groups excluding carboxylic acids is 2. The number of amides is 2. The maximum absolute atomic E-state index is 11.1. The molecule has 0 aliphatic carbocycles. The maximum Gasteiger partial charge on any atom is 0.246 e. The van der Waals surface area contributed by atoms with Crippen molar-refractivity contribution in [2.24, 2.45) is 0 Å². The summed E-state index contributed by atoms with van der Waals surface area (Å²) in [5.74, 6) is -0.407. The van der Waals surface area contributed by atoms with Gasteiger partial charge in [0.05, 0.1) is 0 Å². The van der Waals surface area contributed by atoms with Crippen LogP contribution in [0.15, 0.2) is 24.3 Å². The Hall–Kier alpha value is -1.23. The van der Waals surface area contributed by atoms with Crippen molar-refractivity contribution in [3.63, 3.8) is 0 Å². The highest BCUT2D eigenvalue weighted by atomic mass is 32.1. The van der Waals surface area contributed by atoms with E-state index in [0.717, 1.165) is 0 Å². The van der Waals surface area contributed by atoms with E-state index in [1.54, 1.807) is 13.8 Å². The Morgan fingerprint density at radius 1 is 1.06 bits per heavy atom. The molecular weight excluding hydrogens is 224 g/mol. The quantitative estimate of drug-likeness (QED) is 0.473. The van der Waals surface area contributed by atoms with Crippen molar-refractivity contribution < 1.29 is 9.59 Å². The molecule has 2 amide bonds. The lowest BCUT2D eigenvalue weighted by atomic mass is 10.3. The summed E-state index contributed by atoms with van der Waals surface area (Å²) < 4.78 is 0. The van der Waals surface area contributed by atoms with Gasteiger partial charge < -0.3 is 10.6 Å². The van der Waals surface area contributed by atoms with Gasteiger partial charge in [-0.2, -0.15) is 12.6 Å². The van der Waals surface area contributed by atoms with E-state index >= 15 is 0 Å². The average Bonchev–Trinajstić information content (AvgIpc) is 2.21. The van der Waals surface area contributed by atoms with Crippen molar-refractivity contribution in [3.8, 4) is 0 Å². The zero-order valence-corrected chi connectivity index (χ0v) is 10.6. The molecule has 2 N–H and O–H groups in total. The molecule has 0 radical (unpaired) electrons. The molecule has 0 fully saturated rings. The summed E-state index contributed by atoms with van der Waals surface area (Å²) in [5, 5.41) is 5.16. The third kappa shape index (κ3) is 6.29. The molecular formula is C11H18N2O2S. The summed E-state index contributed by atoms with van der Waals surface area (Å²) in [6.45, 7) is 11.0. The lowest BCUT2D eigenvalue weighted by Gasteiger charge is -2.13. The lowest BCUT2D eigenvalue weighted by molar-refractivity contribution is -0.117. The van der Waals surface area contributed by atoms with E-state index in [9.17, 15) is 9.59 Å². The first-order valence-electron chi connectivity index (χ1n) is 4.90. The van der Waals surface area contributed by atoms with E-state index in [-0.39, 0.29) is 17.1 Å². The normalized spacial score (nSPS) is 9.75. The van der Waals surface area contributed by atoms with E-state index in [4.69, 9.17) is 0 Å². The molecule has 0 atom stereocenters. The van der Waals surface area contributed by atoms with E-state index in [1.165, 1.54) is 0 Å². The monoisotopic (exact) mass is 242 g/mol. The largest absolute Gasteiger partial charge is 0.351 e. The van der Waals surface area contributed by atoms with Gasteiger partial charge in [-0.05, 0) is 13.8 Å². The molecule has 0 saturated carbocycles. The molecule has 16 heavy (non-hydrogen) atoms. The molecule has 0 rings (SSSR count). The molecule has 0 aromatic carbocycles. The van der Waals surface area contributed by atoms with Crippen molar-refractivity contribution in [2.75, 3.05) is 13.1 Å². The van der Waals surface area contributed by atoms with Gasteiger partial charge in [0.2, 0.25) is 11.8 Å². The van der Waals surface area contributed by atoms with E-state index < -0.39 is 0 Å². The van der Waals surface area contributed by atoms with Crippen LogP contribution in [0, 0.1) is 0 Å². The Balaban J connectivity index is 3.79. The standard InChI is InChI=1S/C11H18N2O2S/c1-7(2)10(14)12-5-9(16)6-13-11(15)8(3)4/h9,16H,1,3,5-6H2,2,4H3,(H,12,14)(H,13,15). The van der Waals surface area contributed by atoms with Crippen molar-refractivity contribution in [2.45, 2.75) is 19.1 Å². The summed E-state index contributed by atoms with van der Waals surface area (Å²) in [6, 6.07) is 0. The minimum atomic E-state index is -0.203. The first kappa shape index (κ1) is 14.8. The highest BCUT2D eigenvalue weighted by molar-refractivity contribution is 7.81. The molecule has 90 valence electrons. The number of nitrogens with one attached hydrogen (secondary N) is 2. The predicted molar refractivity (Wildman–Crippen MR) is 68.4 cm³/mol. The van der Waals surface area contributed by atoms with Crippen LogP contribution in [-0.4, -0.2) is 30.2 Å². The Morgan fingerprint density at radius 3 is 1.62 bits per heavy atom. The van der Waals surface area contributed by atoms with E-state index in [0.29, 0.717) is 24.2 Å². The zero-order chi connectivity index (χ0) is 12.7. The molecule has 0 aliphatic heterocycles. The van der Waals surface area contributed by atoms with Crippen LogP contribution in [0.1, 0.15) is 13.8 Å². The second-order valence-corrected chi connectivity index (χ2v) is 4.36. The fraction of sp³-hybridized carbons (Fsp3) is 0.455. The molecule has 0 spiro atoms. The molecule has 4 nitrogen and oxygen atoms in total. The van der Waals surface area contributed by atoms with Crippen molar-refractivity contribution in [1.82, 2.24) is 10.6 Å². The van der Waals surface area contributed by atoms with Gasteiger partial charge in [-0.1, -0.05) is 13.2 Å². The summed E-state index contributed by atoms with van der Waals surface area (Å²) in [4.78, 5) is 22.3. The highest BCUT2D eigenvalue weighted by Crippen LogP contribution is 1.94. The number of thiol groups is 1. The first-order valence-corrected chi connectivity index (χ1v) is 5.41. The molecule has 0 saturated heterocycles. The Kier molecular flexibility index (Phi) is 6.56. The van der Waals surface area contributed by atoms with Crippen molar-refractivity contribution in [1.29, 1.82) is 0 Å². The third-order valence-corrected chi connectivity index (χ3v) is 2.14. The predicted octanol–water partition coefficient (Wildman–Crippen LogP) is 0.669. The van der Waals surface area contributed by atoms with Gasteiger partial charge in [-0.15, -0.1) is 0 Å². The number of hydrogen-bond acceptors (Lipinski definition) is 3. The first-order chi connectivity index (χ1) is 7.34. The van der Waals surface area contributed by atoms with Crippen LogP contribution < -0.4 is 10.6 Å². The summed E-state index contributed by atoms with van der Waals surface area (Å²) in [5.41, 5.74) is 0.901. The number of hydrogen-bond donors (Lipinski definition) is 3. The molecule has 0 aromatic heterocycles.